The molecule has 1 fully saturated rings. The van der Waals surface area contributed by atoms with E-state index >= 15 is 0 Å². The smallest absolute Gasteiger partial charge is 0.248 e. The van der Waals surface area contributed by atoms with Crippen LogP contribution in [0.2, 0.25) is 0 Å². The Bertz CT molecular complexity index is 272. The standard InChI is InChI=1S/C7H7NO.C4H8O2/c8-7(9)6-4-2-1-3-5-6;1-2-6-4-3-5-1/h1-5H,(H2,8,9);1-4H2. The summed E-state index contributed by atoms with van der Waals surface area (Å²) in [6, 6.07) is 8.76. The molecule has 4 nitrogen and oxygen atoms in total. The summed E-state index contributed by atoms with van der Waals surface area (Å²) in [6.07, 6.45) is 0. The number of carbonyl (C=O) groups is 1. The maximum atomic E-state index is 10.4. The van der Waals surface area contributed by atoms with Gasteiger partial charge in [-0.25, -0.2) is 0 Å². The van der Waals surface area contributed by atoms with E-state index in [1.165, 1.54) is 0 Å². The van der Waals surface area contributed by atoms with Crippen LogP contribution in [0.25, 0.3) is 0 Å². The van der Waals surface area contributed by atoms with E-state index < -0.39 is 0 Å². The molecule has 0 atom stereocenters. The minimum Gasteiger partial charge on any atom is -0.377 e. The summed E-state index contributed by atoms with van der Waals surface area (Å²) in [7, 11) is 0. The van der Waals surface area contributed by atoms with Crippen molar-refractivity contribution in [1.82, 2.24) is 0 Å². The Morgan fingerprint density at radius 3 is 1.73 bits per heavy atom. The predicted molar refractivity (Wildman–Crippen MR) is 56.6 cm³/mol. The Kier molecular flexibility index (Phi) is 5.43. The summed E-state index contributed by atoms with van der Waals surface area (Å²) in [5.41, 5.74) is 5.53. The Morgan fingerprint density at radius 1 is 1.00 bits per heavy atom. The number of rotatable bonds is 1. The molecule has 0 aliphatic carbocycles. The van der Waals surface area contributed by atoms with Crippen molar-refractivity contribution in [3.63, 3.8) is 0 Å². The molecule has 4 heteroatoms. The molecule has 1 aromatic carbocycles. The molecular weight excluding hydrogens is 194 g/mol. The first-order valence-corrected chi connectivity index (χ1v) is 4.81. The summed E-state index contributed by atoms with van der Waals surface area (Å²) in [4.78, 5) is 10.4. The summed E-state index contributed by atoms with van der Waals surface area (Å²) >= 11 is 0. The SMILES string of the molecule is C1COCCO1.NC(=O)c1ccccc1. The van der Waals surface area contributed by atoms with E-state index in [0.717, 1.165) is 26.4 Å². The summed E-state index contributed by atoms with van der Waals surface area (Å²) in [6.45, 7) is 3.11. The largest absolute Gasteiger partial charge is 0.377 e. The van der Waals surface area contributed by atoms with Gasteiger partial charge in [0.05, 0.1) is 26.4 Å². The lowest BCUT2D eigenvalue weighted by atomic mass is 10.2. The maximum absolute atomic E-state index is 10.4. The van der Waals surface area contributed by atoms with E-state index in [0.29, 0.717) is 5.56 Å². The Hall–Kier alpha value is -1.39. The molecule has 82 valence electrons. The van der Waals surface area contributed by atoms with Crippen LogP contribution in [-0.4, -0.2) is 32.3 Å². The van der Waals surface area contributed by atoms with Gasteiger partial charge in [-0.15, -0.1) is 0 Å². The normalized spacial score (nSPS) is 14.9. The number of hydrogen-bond acceptors (Lipinski definition) is 3. The van der Waals surface area contributed by atoms with Crippen molar-refractivity contribution in [2.75, 3.05) is 26.4 Å². The van der Waals surface area contributed by atoms with Gasteiger partial charge < -0.3 is 15.2 Å². The van der Waals surface area contributed by atoms with E-state index in [1.54, 1.807) is 24.3 Å². The number of primary amides is 1. The van der Waals surface area contributed by atoms with Crippen LogP contribution in [-0.2, 0) is 9.47 Å². The van der Waals surface area contributed by atoms with Crippen LogP contribution in [0.15, 0.2) is 30.3 Å². The fraction of sp³-hybridized carbons (Fsp3) is 0.364. The number of hydrogen-bond donors (Lipinski definition) is 1. The molecule has 0 bridgehead atoms. The number of benzene rings is 1. The van der Waals surface area contributed by atoms with Crippen molar-refractivity contribution >= 4 is 5.91 Å². The highest BCUT2D eigenvalue weighted by Crippen LogP contribution is 1.94. The third-order valence-corrected chi connectivity index (χ3v) is 1.80. The average Bonchev–Trinajstić information content (AvgIpc) is 2.33. The monoisotopic (exact) mass is 209 g/mol. The third-order valence-electron chi connectivity index (χ3n) is 1.80. The molecule has 1 aromatic rings. The second-order valence-corrected chi connectivity index (χ2v) is 2.96. The van der Waals surface area contributed by atoms with E-state index in [2.05, 4.69) is 0 Å². The van der Waals surface area contributed by atoms with Crippen molar-refractivity contribution in [1.29, 1.82) is 0 Å². The first-order chi connectivity index (χ1) is 7.30. The van der Waals surface area contributed by atoms with Gasteiger partial charge in [0.15, 0.2) is 0 Å². The molecule has 1 saturated heterocycles. The second kappa shape index (κ2) is 6.98. The molecular formula is C11H15NO3. The maximum Gasteiger partial charge on any atom is 0.248 e. The highest BCUT2D eigenvalue weighted by atomic mass is 16.6. The van der Waals surface area contributed by atoms with Crippen molar-refractivity contribution in [2.24, 2.45) is 5.73 Å². The molecule has 2 N–H and O–H groups in total. The van der Waals surface area contributed by atoms with Crippen LogP contribution in [0.5, 0.6) is 0 Å². The lowest BCUT2D eigenvalue weighted by molar-refractivity contribution is -0.0334. The minimum absolute atomic E-state index is 0.379. The van der Waals surface area contributed by atoms with Crippen LogP contribution in [0.3, 0.4) is 0 Å². The zero-order chi connectivity index (χ0) is 10.9. The highest BCUT2D eigenvalue weighted by Gasteiger charge is 1.94. The average molecular weight is 209 g/mol. The minimum atomic E-state index is -0.379. The van der Waals surface area contributed by atoms with E-state index in [1.807, 2.05) is 6.07 Å². The molecule has 0 unspecified atom stereocenters. The Morgan fingerprint density at radius 2 is 1.47 bits per heavy atom. The van der Waals surface area contributed by atoms with E-state index in [-0.39, 0.29) is 5.91 Å². The van der Waals surface area contributed by atoms with Gasteiger partial charge in [-0.2, -0.15) is 0 Å². The molecule has 1 amide bonds. The summed E-state index contributed by atoms with van der Waals surface area (Å²) in [5.74, 6) is -0.379. The number of carbonyl (C=O) groups excluding carboxylic acids is 1. The molecule has 0 aromatic heterocycles. The van der Waals surface area contributed by atoms with Crippen molar-refractivity contribution in [3.05, 3.63) is 35.9 Å². The van der Waals surface area contributed by atoms with Crippen LogP contribution in [0.1, 0.15) is 10.4 Å². The molecule has 1 aliphatic heterocycles. The first-order valence-electron chi connectivity index (χ1n) is 4.81. The van der Waals surface area contributed by atoms with Gasteiger partial charge in [0, 0.05) is 5.56 Å². The third kappa shape index (κ3) is 5.15. The summed E-state index contributed by atoms with van der Waals surface area (Å²) < 4.78 is 9.89. The molecule has 2 rings (SSSR count). The molecule has 0 spiro atoms. The second-order valence-electron chi connectivity index (χ2n) is 2.96. The van der Waals surface area contributed by atoms with Crippen molar-refractivity contribution < 1.29 is 14.3 Å². The number of nitrogens with two attached hydrogens (primary N) is 1. The van der Waals surface area contributed by atoms with Gasteiger partial charge in [0.2, 0.25) is 5.91 Å². The van der Waals surface area contributed by atoms with Crippen molar-refractivity contribution in [2.45, 2.75) is 0 Å². The van der Waals surface area contributed by atoms with Gasteiger partial charge in [-0.3, -0.25) is 4.79 Å². The topological polar surface area (TPSA) is 61.6 Å². The van der Waals surface area contributed by atoms with E-state index in [4.69, 9.17) is 15.2 Å². The van der Waals surface area contributed by atoms with E-state index in [9.17, 15) is 4.79 Å². The van der Waals surface area contributed by atoms with Crippen molar-refractivity contribution in [3.8, 4) is 0 Å². The van der Waals surface area contributed by atoms with Gasteiger partial charge in [-0.1, -0.05) is 18.2 Å². The number of ether oxygens (including phenoxy) is 2. The highest BCUT2D eigenvalue weighted by molar-refractivity contribution is 5.92. The molecule has 0 radical (unpaired) electrons. The zero-order valence-corrected chi connectivity index (χ0v) is 8.52. The molecule has 1 heterocycles. The Balaban J connectivity index is 0.000000162. The first kappa shape index (κ1) is 11.7. The van der Waals surface area contributed by atoms with Crippen LogP contribution >= 0.6 is 0 Å². The van der Waals surface area contributed by atoms with Crippen LogP contribution in [0.4, 0.5) is 0 Å². The molecule has 1 aliphatic rings. The van der Waals surface area contributed by atoms with Gasteiger partial charge in [-0.05, 0) is 12.1 Å². The fourth-order valence-electron chi connectivity index (χ4n) is 1.04. The van der Waals surface area contributed by atoms with Crippen LogP contribution in [0, 0.1) is 0 Å². The Labute approximate surface area is 89.0 Å². The van der Waals surface area contributed by atoms with Crippen LogP contribution < -0.4 is 5.73 Å². The predicted octanol–water partition coefficient (Wildman–Crippen LogP) is 0.819. The van der Waals surface area contributed by atoms with Gasteiger partial charge >= 0.3 is 0 Å². The fourth-order valence-corrected chi connectivity index (χ4v) is 1.04. The number of amides is 1. The van der Waals surface area contributed by atoms with Gasteiger partial charge in [0.1, 0.15) is 0 Å². The van der Waals surface area contributed by atoms with Gasteiger partial charge in [0.25, 0.3) is 0 Å². The quantitative estimate of drug-likeness (QED) is 0.744. The zero-order valence-electron chi connectivity index (χ0n) is 8.52. The molecule has 0 saturated carbocycles. The summed E-state index contributed by atoms with van der Waals surface area (Å²) in [5, 5.41) is 0. The lowest BCUT2D eigenvalue weighted by Gasteiger charge is -2.09. The lowest BCUT2D eigenvalue weighted by Crippen LogP contribution is -2.16. The molecule has 15 heavy (non-hydrogen) atoms.